The second kappa shape index (κ2) is 5.82. The predicted octanol–water partition coefficient (Wildman–Crippen LogP) is 1.53. The number of amides is 1. The van der Waals surface area contributed by atoms with Crippen molar-refractivity contribution in [3.05, 3.63) is 30.1 Å². The van der Waals surface area contributed by atoms with E-state index < -0.39 is 11.5 Å². The molecule has 1 heterocycles. The first-order valence-corrected chi connectivity index (χ1v) is 6.51. The quantitative estimate of drug-likeness (QED) is 0.843. The molecule has 1 aliphatic carbocycles. The van der Waals surface area contributed by atoms with Crippen LogP contribution in [0.3, 0.4) is 0 Å². The topological polar surface area (TPSA) is 79.3 Å². The second-order valence-electron chi connectivity index (χ2n) is 5.14. The summed E-state index contributed by atoms with van der Waals surface area (Å²) >= 11 is 0. The summed E-state index contributed by atoms with van der Waals surface area (Å²) in [4.78, 5) is 26.9. The highest BCUT2D eigenvalue weighted by Gasteiger charge is 2.37. The van der Waals surface area contributed by atoms with Gasteiger partial charge >= 0.3 is 5.97 Å². The maximum atomic E-state index is 12.0. The Kier molecular flexibility index (Phi) is 4.14. The number of carbonyl (C=O) groups excluding carboxylic acids is 1. The summed E-state index contributed by atoms with van der Waals surface area (Å²) in [5.41, 5.74) is 0.339. The molecule has 0 aliphatic heterocycles. The third-order valence-electron chi connectivity index (χ3n) is 3.57. The van der Waals surface area contributed by atoms with E-state index in [0.29, 0.717) is 0 Å². The highest BCUT2D eigenvalue weighted by atomic mass is 16.4. The molecule has 0 aromatic carbocycles. The summed E-state index contributed by atoms with van der Waals surface area (Å²) in [6.07, 6.45) is 7.02. The highest BCUT2D eigenvalue weighted by molar-refractivity contribution is 5.80. The molecule has 19 heavy (non-hydrogen) atoms. The zero-order valence-corrected chi connectivity index (χ0v) is 10.8. The molecule has 1 aliphatic rings. The average Bonchev–Trinajstić information content (AvgIpc) is 2.77. The number of pyridine rings is 1. The minimum Gasteiger partial charge on any atom is -0.481 e. The molecule has 5 nitrogen and oxygen atoms in total. The summed E-state index contributed by atoms with van der Waals surface area (Å²) < 4.78 is 0. The molecule has 0 bridgehead atoms. The van der Waals surface area contributed by atoms with Crippen molar-refractivity contribution in [1.29, 1.82) is 0 Å². The van der Waals surface area contributed by atoms with Gasteiger partial charge in [-0.2, -0.15) is 0 Å². The Bertz CT molecular complexity index is 453. The van der Waals surface area contributed by atoms with E-state index in [4.69, 9.17) is 5.11 Å². The fraction of sp³-hybridized carbons (Fsp3) is 0.500. The third kappa shape index (κ3) is 3.77. The maximum absolute atomic E-state index is 12.0. The van der Waals surface area contributed by atoms with Gasteiger partial charge in [0.2, 0.25) is 5.91 Å². The first-order valence-electron chi connectivity index (χ1n) is 6.51. The number of rotatable bonds is 5. The molecule has 5 heteroatoms. The smallest absolute Gasteiger partial charge is 0.305 e. The monoisotopic (exact) mass is 262 g/mol. The van der Waals surface area contributed by atoms with Crippen LogP contribution in [-0.4, -0.2) is 27.5 Å². The number of aromatic nitrogens is 1. The van der Waals surface area contributed by atoms with E-state index in [-0.39, 0.29) is 18.7 Å². The van der Waals surface area contributed by atoms with Gasteiger partial charge in [0.25, 0.3) is 0 Å². The van der Waals surface area contributed by atoms with E-state index in [1.54, 1.807) is 24.5 Å². The Morgan fingerprint density at radius 3 is 2.47 bits per heavy atom. The molecule has 1 saturated carbocycles. The molecular weight excluding hydrogens is 244 g/mol. The molecule has 1 aromatic heterocycles. The van der Waals surface area contributed by atoms with Gasteiger partial charge in [-0.3, -0.25) is 14.6 Å². The van der Waals surface area contributed by atoms with Crippen LogP contribution in [0.4, 0.5) is 0 Å². The number of nitrogens with one attached hydrogen (secondary N) is 1. The number of carboxylic acids is 1. The standard InChI is InChI=1S/C14H18N2O3/c17-12(9-11-3-7-15-8-4-11)16-14(10-13(18)19)5-1-2-6-14/h3-4,7-8H,1-2,5-6,9-10H2,(H,16,17)(H,18,19). The maximum Gasteiger partial charge on any atom is 0.305 e. The van der Waals surface area contributed by atoms with Gasteiger partial charge in [-0.1, -0.05) is 12.8 Å². The van der Waals surface area contributed by atoms with Gasteiger partial charge in [-0.15, -0.1) is 0 Å². The van der Waals surface area contributed by atoms with Crippen molar-refractivity contribution < 1.29 is 14.7 Å². The molecule has 2 rings (SSSR count). The highest BCUT2D eigenvalue weighted by Crippen LogP contribution is 2.32. The number of nitrogens with zero attached hydrogens (tertiary/aromatic N) is 1. The molecule has 0 radical (unpaired) electrons. The molecule has 0 atom stereocenters. The van der Waals surface area contributed by atoms with Crippen LogP contribution in [0.2, 0.25) is 0 Å². The molecule has 1 amide bonds. The Hall–Kier alpha value is -1.91. The van der Waals surface area contributed by atoms with E-state index >= 15 is 0 Å². The number of carboxylic acid groups (broad SMARTS) is 1. The fourth-order valence-electron chi connectivity index (χ4n) is 2.71. The lowest BCUT2D eigenvalue weighted by Crippen LogP contribution is -2.48. The van der Waals surface area contributed by atoms with Crippen molar-refractivity contribution in [3.8, 4) is 0 Å². The summed E-state index contributed by atoms with van der Waals surface area (Å²) in [5.74, 6) is -0.972. The van der Waals surface area contributed by atoms with E-state index in [9.17, 15) is 9.59 Å². The minimum atomic E-state index is -0.855. The van der Waals surface area contributed by atoms with Gasteiger partial charge in [0.05, 0.1) is 18.4 Å². The largest absolute Gasteiger partial charge is 0.481 e. The number of hydrogen-bond donors (Lipinski definition) is 2. The van der Waals surface area contributed by atoms with Gasteiger partial charge in [-0.25, -0.2) is 0 Å². The van der Waals surface area contributed by atoms with Crippen molar-refractivity contribution in [2.24, 2.45) is 0 Å². The Morgan fingerprint density at radius 2 is 1.89 bits per heavy atom. The lowest BCUT2D eigenvalue weighted by molar-refractivity contribution is -0.139. The zero-order chi connectivity index (χ0) is 13.7. The van der Waals surface area contributed by atoms with Crippen molar-refractivity contribution in [2.75, 3.05) is 0 Å². The van der Waals surface area contributed by atoms with Crippen LogP contribution < -0.4 is 5.32 Å². The molecule has 1 aromatic rings. The van der Waals surface area contributed by atoms with E-state index in [2.05, 4.69) is 10.3 Å². The molecule has 1 fully saturated rings. The van der Waals surface area contributed by atoms with Crippen LogP contribution in [0.1, 0.15) is 37.7 Å². The van der Waals surface area contributed by atoms with Crippen LogP contribution in [0.5, 0.6) is 0 Å². The second-order valence-corrected chi connectivity index (χ2v) is 5.14. The van der Waals surface area contributed by atoms with Gasteiger partial charge in [-0.05, 0) is 30.5 Å². The van der Waals surface area contributed by atoms with Gasteiger partial charge in [0, 0.05) is 12.4 Å². The predicted molar refractivity (Wildman–Crippen MR) is 69.5 cm³/mol. The summed E-state index contributed by atoms with van der Waals surface area (Å²) in [5, 5.41) is 11.9. The number of aliphatic carboxylic acids is 1. The van der Waals surface area contributed by atoms with E-state index in [1.165, 1.54) is 0 Å². The van der Waals surface area contributed by atoms with Gasteiger partial charge in [0.15, 0.2) is 0 Å². The van der Waals surface area contributed by atoms with Crippen LogP contribution in [0.15, 0.2) is 24.5 Å². The van der Waals surface area contributed by atoms with Gasteiger partial charge in [0.1, 0.15) is 0 Å². The Balaban J connectivity index is 1.97. The SMILES string of the molecule is O=C(O)CC1(NC(=O)Cc2ccncc2)CCCC1. The molecule has 0 unspecified atom stereocenters. The summed E-state index contributed by atoms with van der Waals surface area (Å²) in [7, 11) is 0. The first kappa shape index (κ1) is 13.5. The normalized spacial score (nSPS) is 17.1. The Morgan fingerprint density at radius 1 is 1.26 bits per heavy atom. The Labute approximate surface area is 112 Å². The van der Waals surface area contributed by atoms with Crippen LogP contribution in [0, 0.1) is 0 Å². The van der Waals surface area contributed by atoms with E-state index in [1.807, 2.05) is 0 Å². The summed E-state index contributed by atoms with van der Waals surface area (Å²) in [6, 6.07) is 3.58. The fourth-order valence-corrected chi connectivity index (χ4v) is 2.71. The minimum absolute atomic E-state index is 0.00901. The first-order chi connectivity index (χ1) is 9.10. The molecule has 2 N–H and O–H groups in total. The molecular formula is C14H18N2O3. The van der Waals surface area contributed by atoms with Crippen molar-refractivity contribution in [1.82, 2.24) is 10.3 Å². The van der Waals surface area contributed by atoms with Crippen molar-refractivity contribution in [2.45, 2.75) is 44.1 Å². The van der Waals surface area contributed by atoms with Crippen LogP contribution >= 0.6 is 0 Å². The van der Waals surface area contributed by atoms with Crippen LogP contribution in [0.25, 0.3) is 0 Å². The number of carbonyl (C=O) groups is 2. The lowest BCUT2D eigenvalue weighted by Gasteiger charge is -2.28. The number of hydrogen-bond acceptors (Lipinski definition) is 3. The van der Waals surface area contributed by atoms with Gasteiger partial charge < -0.3 is 10.4 Å². The van der Waals surface area contributed by atoms with Crippen molar-refractivity contribution in [3.63, 3.8) is 0 Å². The summed E-state index contributed by atoms with van der Waals surface area (Å²) in [6.45, 7) is 0. The molecule has 102 valence electrons. The molecule has 0 spiro atoms. The molecule has 0 saturated heterocycles. The lowest BCUT2D eigenvalue weighted by atomic mass is 9.93. The third-order valence-corrected chi connectivity index (χ3v) is 3.57. The average molecular weight is 262 g/mol. The van der Waals surface area contributed by atoms with Crippen LogP contribution in [-0.2, 0) is 16.0 Å². The zero-order valence-electron chi connectivity index (χ0n) is 10.8. The van der Waals surface area contributed by atoms with E-state index in [0.717, 1.165) is 31.2 Å². The van der Waals surface area contributed by atoms with Crippen molar-refractivity contribution >= 4 is 11.9 Å².